The molecule has 0 aliphatic carbocycles. The van der Waals surface area contributed by atoms with Gasteiger partial charge in [-0.25, -0.2) is 0 Å². The van der Waals surface area contributed by atoms with E-state index in [1.54, 1.807) is 11.0 Å². The minimum Gasteiger partial charge on any atom is -0.507 e. The number of anilines is 1. The number of phenolic OH excluding ortho intramolecular Hbond substituents is 1. The number of hydrogen-bond donors (Lipinski definition) is 3. The summed E-state index contributed by atoms with van der Waals surface area (Å²) in [5.74, 6) is -0.0604. The number of fused-ring (bicyclic) bond motifs is 1. The number of ether oxygens (including phenoxy) is 1. The van der Waals surface area contributed by atoms with Crippen molar-refractivity contribution in [3.8, 4) is 22.6 Å². The minimum atomic E-state index is -0.892. The van der Waals surface area contributed by atoms with Crippen molar-refractivity contribution in [3.05, 3.63) is 77.9 Å². The third-order valence-electron chi connectivity index (χ3n) is 5.59. The van der Waals surface area contributed by atoms with Gasteiger partial charge in [-0.05, 0) is 47.4 Å². The summed E-state index contributed by atoms with van der Waals surface area (Å²) in [7, 11) is 0. The van der Waals surface area contributed by atoms with Crippen LogP contribution in [0.1, 0.15) is 17.5 Å². The number of hydrogen-bond acceptors (Lipinski definition) is 5. The quantitative estimate of drug-likeness (QED) is 0.435. The van der Waals surface area contributed by atoms with E-state index in [1.807, 2.05) is 60.7 Å². The van der Waals surface area contributed by atoms with Crippen LogP contribution in [0.2, 0.25) is 0 Å². The summed E-state index contributed by atoms with van der Waals surface area (Å²) in [5.41, 5.74) is 4.49. The summed E-state index contributed by atoms with van der Waals surface area (Å²) < 4.78 is 5.93. The highest BCUT2D eigenvalue weighted by atomic mass is 16.5. The van der Waals surface area contributed by atoms with Crippen LogP contribution in [0.25, 0.3) is 11.1 Å². The second-order valence-corrected chi connectivity index (χ2v) is 7.91. The fourth-order valence-electron chi connectivity index (χ4n) is 3.91. The predicted octanol–water partition coefficient (Wildman–Crippen LogP) is 3.59. The highest BCUT2D eigenvalue weighted by Gasteiger charge is 2.24. The van der Waals surface area contributed by atoms with Gasteiger partial charge in [0.25, 0.3) is 0 Å². The van der Waals surface area contributed by atoms with Gasteiger partial charge in [0.15, 0.2) is 0 Å². The van der Waals surface area contributed by atoms with Gasteiger partial charge in [-0.15, -0.1) is 0 Å². The molecule has 0 saturated heterocycles. The second-order valence-electron chi connectivity index (χ2n) is 7.91. The van der Waals surface area contributed by atoms with Crippen molar-refractivity contribution in [1.82, 2.24) is 5.32 Å². The van der Waals surface area contributed by atoms with Crippen molar-refractivity contribution < 1.29 is 24.5 Å². The summed E-state index contributed by atoms with van der Waals surface area (Å²) in [6.07, 6.45) is 0.720. The highest BCUT2D eigenvalue weighted by molar-refractivity contribution is 5.96. The number of aromatic hydroxyl groups is 1. The van der Waals surface area contributed by atoms with Crippen LogP contribution in [-0.4, -0.2) is 41.7 Å². The zero-order valence-electron chi connectivity index (χ0n) is 18.2. The van der Waals surface area contributed by atoms with Crippen molar-refractivity contribution in [3.63, 3.8) is 0 Å². The van der Waals surface area contributed by atoms with Crippen LogP contribution in [0.15, 0.2) is 66.7 Å². The maximum absolute atomic E-state index is 12.5. The van der Waals surface area contributed by atoms with Crippen LogP contribution in [0.4, 0.5) is 5.69 Å². The maximum atomic E-state index is 12.5. The Morgan fingerprint density at radius 3 is 2.61 bits per heavy atom. The Bertz CT molecular complexity index is 1150. The first-order valence-corrected chi connectivity index (χ1v) is 10.9. The van der Waals surface area contributed by atoms with Gasteiger partial charge in [0.1, 0.15) is 18.1 Å². The lowest BCUT2D eigenvalue weighted by molar-refractivity contribution is -0.137. The van der Waals surface area contributed by atoms with Crippen molar-refractivity contribution in [2.24, 2.45) is 0 Å². The number of amides is 1. The molecule has 0 bridgehead atoms. The van der Waals surface area contributed by atoms with Crippen LogP contribution < -0.4 is 15.0 Å². The molecule has 0 atom stereocenters. The van der Waals surface area contributed by atoms with E-state index in [-0.39, 0.29) is 31.2 Å². The van der Waals surface area contributed by atoms with Gasteiger partial charge < -0.3 is 25.2 Å². The van der Waals surface area contributed by atoms with E-state index in [4.69, 9.17) is 9.84 Å². The Morgan fingerprint density at radius 1 is 1.03 bits per heavy atom. The molecule has 0 fully saturated rings. The molecule has 7 heteroatoms. The van der Waals surface area contributed by atoms with Gasteiger partial charge in [0.2, 0.25) is 5.91 Å². The number of carboxylic acid groups (broad SMARTS) is 1. The summed E-state index contributed by atoms with van der Waals surface area (Å²) >= 11 is 0. The number of benzene rings is 3. The van der Waals surface area contributed by atoms with Crippen LogP contribution >= 0.6 is 0 Å². The molecular weight excluding hydrogens is 420 g/mol. The first kappa shape index (κ1) is 22.4. The molecule has 0 aromatic heterocycles. The predicted molar refractivity (Wildman–Crippen MR) is 125 cm³/mol. The van der Waals surface area contributed by atoms with Gasteiger partial charge in [-0.1, -0.05) is 42.5 Å². The Hall–Kier alpha value is -3.84. The molecule has 3 N–H and O–H groups in total. The molecule has 7 nitrogen and oxygen atoms in total. The lowest BCUT2D eigenvalue weighted by Crippen LogP contribution is -2.37. The van der Waals surface area contributed by atoms with E-state index in [0.717, 1.165) is 34.4 Å². The Morgan fingerprint density at radius 2 is 1.85 bits per heavy atom. The molecule has 170 valence electrons. The van der Waals surface area contributed by atoms with Crippen molar-refractivity contribution >= 4 is 17.6 Å². The number of nitrogens with one attached hydrogen (secondary N) is 1. The first-order chi connectivity index (χ1) is 16.0. The van der Waals surface area contributed by atoms with E-state index < -0.39 is 5.97 Å². The molecule has 0 unspecified atom stereocenters. The largest absolute Gasteiger partial charge is 0.507 e. The van der Waals surface area contributed by atoms with Crippen LogP contribution in [0, 0.1) is 0 Å². The summed E-state index contributed by atoms with van der Waals surface area (Å²) in [6, 6.07) is 20.9. The fraction of sp³-hybridized carbons (Fsp3) is 0.231. The van der Waals surface area contributed by atoms with Gasteiger partial charge in [0.05, 0.1) is 13.0 Å². The summed E-state index contributed by atoms with van der Waals surface area (Å²) in [4.78, 5) is 24.8. The number of carbonyl (C=O) groups excluding carboxylic acids is 1. The highest BCUT2D eigenvalue weighted by Crippen LogP contribution is 2.33. The molecule has 4 rings (SSSR count). The first-order valence-electron chi connectivity index (χ1n) is 10.9. The SMILES string of the molecule is O=C(O)CCNCC(=O)N1CCc2cc(OCc3ccc(-c4ccccc4)c(O)c3)ccc21. The van der Waals surface area contributed by atoms with Crippen LogP contribution in [-0.2, 0) is 22.6 Å². The Labute approximate surface area is 192 Å². The van der Waals surface area contributed by atoms with E-state index in [9.17, 15) is 14.7 Å². The Balaban J connectivity index is 1.35. The number of aliphatic carboxylic acids is 1. The molecule has 0 saturated carbocycles. The number of carbonyl (C=O) groups is 2. The fourth-order valence-corrected chi connectivity index (χ4v) is 3.91. The lowest BCUT2D eigenvalue weighted by Gasteiger charge is -2.18. The monoisotopic (exact) mass is 446 g/mol. The van der Waals surface area contributed by atoms with Crippen LogP contribution in [0.5, 0.6) is 11.5 Å². The van der Waals surface area contributed by atoms with Crippen molar-refractivity contribution in [1.29, 1.82) is 0 Å². The molecule has 0 spiro atoms. The van der Waals surface area contributed by atoms with E-state index >= 15 is 0 Å². The molecular formula is C26H26N2O5. The average molecular weight is 447 g/mol. The summed E-state index contributed by atoms with van der Waals surface area (Å²) in [6.45, 7) is 1.27. The maximum Gasteiger partial charge on any atom is 0.304 e. The van der Waals surface area contributed by atoms with Gasteiger partial charge in [-0.3, -0.25) is 9.59 Å². The number of nitrogens with zero attached hydrogens (tertiary/aromatic N) is 1. The van der Waals surface area contributed by atoms with Crippen LogP contribution in [0.3, 0.4) is 0 Å². The molecule has 1 aliphatic rings. The van der Waals surface area contributed by atoms with E-state index in [1.165, 1.54) is 0 Å². The van der Waals surface area contributed by atoms with Gasteiger partial charge >= 0.3 is 5.97 Å². The third kappa shape index (κ3) is 5.51. The normalized spacial score (nSPS) is 12.4. The topological polar surface area (TPSA) is 99.1 Å². The molecule has 0 radical (unpaired) electrons. The lowest BCUT2D eigenvalue weighted by atomic mass is 10.0. The van der Waals surface area contributed by atoms with E-state index in [2.05, 4.69) is 5.32 Å². The standard InChI is InChI=1S/C26H26N2O5/c29-24-14-18(6-8-22(24)19-4-2-1-3-5-19)17-33-21-7-9-23-20(15-21)11-13-28(23)25(30)16-27-12-10-26(31)32/h1-9,14-15,27,29H,10-13,16-17H2,(H,31,32). The molecule has 3 aromatic rings. The molecule has 3 aromatic carbocycles. The van der Waals surface area contributed by atoms with Gasteiger partial charge in [-0.2, -0.15) is 0 Å². The minimum absolute atomic E-state index is 0.0165. The average Bonchev–Trinajstić information content (AvgIpc) is 3.24. The van der Waals surface area contributed by atoms with Crippen molar-refractivity contribution in [2.45, 2.75) is 19.4 Å². The molecule has 33 heavy (non-hydrogen) atoms. The molecule has 1 amide bonds. The number of rotatable bonds is 9. The number of phenols is 1. The summed E-state index contributed by atoms with van der Waals surface area (Å²) in [5, 5.41) is 22.0. The zero-order chi connectivity index (χ0) is 23.2. The van der Waals surface area contributed by atoms with Crippen molar-refractivity contribution in [2.75, 3.05) is 24.5 Å². The molecule has 1 aliphatic heterocycles. The third-order valence-corrected chi connectivity index (χ3v) is 5.59. The van der Waals surface area contributed by atoms with E-state index in [0.29, 0.717) is 18.9 Å². The smallest absolute Gasteiger partial charge is 0.304 e. The Kier molecular flexibility index (Phi) is 6.90. The second kappa shape index (κ2) is 10.2. The zero-order valence-corrected chi connectivity index (χ0v) is 18.2. The van der Waals surface area contributed by atoms with Gasteiger partial charge in [0, 0.05) is 24.3 Å². The number of carboxylic acids is 1. The molecule has 1 heterocycles.